The van der Waals surface area contributed by atoms with E-state index in [1.807, 2.05) is 19.9 Å². The van der Waals surface area contributed by atoms with Gasteiger partial charge in [0.1, 0.15) is 5.56 Å². The summed E-state index contributed by atoms with van der Waals surface area (Å²) in [6.07, 6.45) is 1.21. The monoisotopic (exact) mass is 379 g/mol. The van der Waals surface area contributed by atoms with Crippen LogP contribution in [0.3, 0.4) is 0 Å². The molecule has 0 unspecified atom stereocenters. The van der Waals surface area contributed by atoms with E-state index in [1.165, 1.54) is 6.21 Å². The van der Waals surface area contributed by atoms with Crippen molar-refractivity contribution < 1.29 is 14.6 Å². The molecule has 0 saturated heterocycles. The molecule has 0 amide bonds. The number of ether oxygens (including phenoxy) is 2. The molecular weight excluding hydrogens is 362 g/mol. The molecule has 0 atom stereocenters. The zero-order chi connectivity index (χ0) is 19.8. The summed E-state index contributed by atoms with van der Waals surface area (Å²) in [5, 5.41) is 10.6. The maximum Gasteiger partial charge on any atom is 0.335 e. The summed E-state index contributed by atoms with van der Waals surface area (Å²) in [5.74, 6) is 0.678. The number of H-pyrrole nitrogens is 1. The minimum atomic E-state index is -0.731. The van der Waals surface area contributed by atoms with E-state index in [1.54, 1.807) is 30.3 Å². The number of aliphatic imine (C=N–C) groups is 1. The second-order valence-corrected chi connectivity index (χ2v) is 6.40. The Kier molecular flexibility index (Phi) is 4.23. The molecule has 1 aliphatic heterocycles. The van der Waals surface area contributed by atoms with Crippen LogP contribution in [0.5, 0.6) is 17.4 Å². The molecule has 8 nitrogen and oxygen atoms in total. The predicted octanol–water partition coefficient (Wildman–Crippen LogP) is 2.33. The molecule has 0 saturated carbocycles. The first-order valence-corrected chi connectivity index (χ1v) is 8.53. The highest BCUT2D eigenvalue weighted by molar-refractivity contribution is 5.84. The highest BCUT2D eigenvalue weighted by atomic mass is 16.7. The van der Waals surface area contributed by atoms with E-state index >= 15 is 0 Å². The van der Waals surface area contributed by atoms with Crippen LogP contribution in [0.15, 0.2) is 51.0 Å². The lowest BCUT2D eigenvalue weighted by Crippen LogP contribution is -2.31. The molecule has 2 N–H and O–H groups in total. The number of hydrogen-bond acceptors (Lipinski definition) is 6. The lowest BCUT2D eigenvalue weighted by atomic mass is 10.1. The van der Waals surface area contributed by atoms with Gasteiger partial charge in [0, 0.05) is 12.3 Å². The minimum Gasteiger partial charge on any atom is -0.493 e. The number of fused-ring (bicyclic) bond motifs is 1. The van der Waals surface area contributed by atoms with Crippen molar-refractivity contribution in [3.05, 3.63) is 73.9 Å². The van der Waals surface area contributed by atoms with Crippen molar-refractivity contribution in [2.45, 2.75) is 13.8 Å². The average Bonchev–Trinajstić information content (AvgIpc) is 3.12. The molecule has 8 heteroatoms. The Morgan fingerprint density at radius 2 is 1.86 bits per heavy atom. The molecular formula is C20H17N3O5. The Morgan fingerprint density at radius 3 is 2.64 bits per heavy atom. The van der Waals surface area contributed by atoms with Crippen LogP contribution in [-0.2, 0) is 0 Å². The van der Waals surface area contributed by atoms with Crippen LogP contribution in [0.2, 0.25) is 0 Å². The van der Waals surface area contributed by atoms with Gasteiger partial charge in [-0.15, -0.1) is 0 Å². The second-order valence-electron chi connectivity index (χ2n) is 6.40. The van der Waals surface area contributed by atoms with Crippen LogP contribution in [0.25, 0.3) is 5.69 Å². The summed E-state index contributed by atoms with van der Waals surface area (Å²) in [6, 6.07) is 10.3. The van der Waals surface area contributed by atoms with Gasteiger partial charge in [-0.05, 0) is 49.2 Å². The number of hydrogen-bond donors (Lipinski definition) is 2. The van der Waals surface area contributed by atoms with Crippen molar-refractivity contribution in [1.82, 2.24) is 9.55 Å². The van der Waals surface area contributed by atoms with Crippen LogP contribution < -0.4 is 20.7 Å². The van der Waals surface area contributed by atoms with E-state index in [2.05, 4.69) is 9.98 Å². The zero-order valence-electron chi connectivity index (χ0n) is 15.2. The number of aryl methyl sites for hydroxylation is 2. The van der Waals surface area contributed by atoms with Crippen LogP contribution in [0, 0.1) is 13.8 Å². The Bertz CT molecular complexity index is 1220. The Balaban J connectivity index is 1.78. The van der Waals surface area contributed by atoms with E-state index in [0.717, 1.165) is 15.7 Å². The van der Waals surface area contributed by atoms with Crippen molar-refractivity contribution in [2.24, 2.45) is 4.99 Å². The molecule has 4 rings (SSSR count). The van der Waals surface area contributed by atoms with Crippen LogP contribution in [0.4, 0.5) is 5.69 Å². The fraction of sp³-hybridized carbons (Fsp3) is 0.150. The van der Waals surface area contributed by atoms with Crippen LogP contribution in [-0.4, -0.2) is 27.7 Å². The van der Waals surface area contributed by atoms with Crippen molar-refractivity contribution in [1.29, 1.82) is 0 Å². The van der Waals surface area contributed by atoms with Gasteiger partial charge < -0.3 is 14.6 Å². The zero-order valence-corrected chi connectivity index (χ0v) is 15.2. The van der Waals surface area contributed by atoms with Crippen molar-refractivity contribution in [2.75, 3.05) is 6.79 Å². The Morgan fingerprint density at radius 1 is 1.07 bits per heavy atom. The quantitative estimate of drug-likeness (QED) is 0.680. The summed E-state index contributed by atoms with van der Waals surface area (Å²) >= 11 is 0. The number of aromatic hydroxyl groups is 1. The first-order valence-electron chi connectivity index (χ1n) is 8.53. The van der Waals surface area contributed by atoms with Gasteiger partial charge in [0.2, 0.25) is 12.7 Å². The Hall–Kier alpha value is -3.81. The van der Waals surface area contributed by atoms with Gasteiger partial charge in [0.15, 0.2) is 11.5 Å². The highest BCUT2D eigenvalue weighted by Crippen LogP contribution is 2.35. The average molecular weight is 379 g/mol. The third kappa shape index (κ3) is 3.05. The van der Waals surface area contributed by atoms with E-state index in [-0.39, 0.29) is 12.4 Å². The molecule has 2 aromatic carbocycles. The Labute approximate surface area is 159 Å². The maximum atomic E-state index is 12.3. The van der Waals surface area contributed by atoms with Gasteiger partial charge >= 0.3 is 5.69 Å². The molecule has 28 heavy (non-hydrogen) atoms. The summed E-state index contributed by atoms with van der Waals surface area (Å²) in [6.45, 7) is 3.98. The molecule has 0 spiro atoms. The fourth-order valence-electron chi connectivity index (χ4n) is 2.86. The number of aromatic amines is 1. The van der Waals surface area contributed by atoms with Gasteiger partial charge in [-0.25, -0.2) is 9.36 Å². The highest BCUT2D eigenvalue weighted by Gasteiger charge is 2.16. The second kappa shape index (κ2) is 6.73. The van der Waals surface area contributed by atoms with Crippen molar-refractivity contribution >= 4 is 11.9 Å². The summed E-state index contributed by atoms with van der Waals surface area (Å²) < 4.78 is 11.6. The van der Waals surface area contributed by atoms with Crippen molar-refractivity contribution in [3.8, 4) is 23.1 Å². The van der Waals surface area contributed by atoms with Crippen LogP contribution >= 0.6 is 0 Å². The SMILES string of the molecule is Cc1ccc(-n2c(O)c(C=Nc3ccc4c(c3)OCO4)c(=O)[nH]c2=O)cc1C. The summed E-state index contributed by atoms with van der Waals surface area (Å²) in [4.78, 5) is 30.9. The molecule has 1 aliphatic rings. The first kappa shape index (κ1) is 17.6. The molecule has 0 aliphatic carbocycles. The standard InChI is InChI=1S/C20H17N3O5/c1-11-3-5-14(7-12(11)2)23-19(25)15(18(24)22-20(23)26)9-21-13-4-6-16-17(8-13)28-10-27-16/h3-9,25H,10H2,1-2H3,(H,22,24,26). The smallest absolute Gasteiger partial charge is 0.335 e. The molecule has 0 bridgehead atoms. The number of nitrogens with zero attached hydrogens (tertiary/aromatic N) is 2. The molecule has 0 fully saturated rings. The van der Waals surface area contributed by atoms with Crippen molar-refractivity contribution in [3.63, 3.8) is 0 Å². The van der Waals surface area contributed by atoms with E-state index < -0.39 is 17.1 Å². The van der Waals surface area contributed by atoms with Gasteiger partial charge in [0.05, 0.1) is 11.4 Å². The largest absolute Gasteiger partial charge is 0.493 e. The third-order valence-corrected chi connectivity index (χ3v) is 4.57. The lowest BCUT2D eigenvalue weighted by molar-refractivity contribution is 0.174. The first-order chi connectivity index (χ1) is 13.4. The summed E-state index contributed by atoms with van der Waals surface area (Å²) in [5.41, 5.74) is 1.36. The molecule has 142 valence electrons. The van der Waals surface area contributed by atoms with E-state index in [4.69, 9.17) is 9.47 Å². The molecule has 3 aromatic rings. The van der Waals surface area contributed by atoms with Gasteiger partial charge in [-0.3, -0.25) is 14.8 Å². The fourth-order valence-corrected chi connectivity index (χ4v) is 2.86. The maximum absolute atomic E-state index is 12.3. The number of benzene rings is 2. The third-order valence-electron chi connectivity index (χ3n) is 4.57. The predicted molar refractivity (Wildman–Crippen MR) is 104 cm³/mol. The lowest BCUT2D eigenvalue weighted by Gasteiger charge is -2.11. The van der Waals surface area contributed by atoms with E-state index in [0.29, 0.717) is 22.9 Å². The minimum absolute atomic E-state index is 0.129. The van der Waals surface area contributed by atoms with Gasteiger partial charge in [0.25, 0.3) is 5.56 Å². The topological polar surface area (TPSA) is 106 Å². The van der Waals surface area contributed by atoms with E-state index in [9.17, 15) is 14.7 Å². The summed E-state index contributed by atoms with van der Waals surface area (Å²) in [7, 11) is 0. The van der Waals surface area contributed by atoms with Gasteiger partial charge in [-0.1, -0.05) is 6.07 Å². The number of aromatic nitrogens is 2. The van der Waals surface area contributed by atoms with Gasteiger partial charge in [-0.2, -0.15) is 0 Å². The number of nitrogens with one attached hydrogen (secondary N) is 1. The molecule has 2 heterocycles. The number of rotatable bonds is 3. The normalized spacial score (nSPS) is 12.6. The molecule has 1 aromatic heterocycles. The molecule has 0 radical (unpaired) electrons. The van der Waals surface area contributed by atoms with Crippen LogP contribution in [0.1, 0.15) is 16.7 Å².